The van der Waals surface area contributed by atoms with Crippen molar-refractivity contribution in [2.75, 3.05) is 12.4 Å². The van der Waals surface area contributed by atoms with Crippen LogP contribution in [0.25, 0.3) is 0 Å². The first-order valence-electron chi connectivity index (χ1n) is 9.01. The van der Waals surface area contributed by atoms with Gasteiger partial charge in [-0.2, -0.15) is 4.72 Å². The number of methoxy groups -OCH3 is 1. The number of sulfonamides is 1. The van der Waals surface area contributed by atoms with Crippen molar-refractivity contribution in [1.29, 1.82) is 0 Å². The molecule has 8 heteroatoms. The lowest BCUT2D eigenvalue weighted by Crippen LogP contribution is -2.41. The highest BCUT2D eigenvalue weighted by atomic mass is 35.5. The number of hydrogen-bond donors (Lipinski definition) is 2. The summed E-state index contributed by atoms with van der Waals surface area (Å²) < 4.78 is 33.0. The number of aryl methyl sites for hydroxylation is 2. The van der Waals surface area contributed by atoms with Gasteiger partial charge in [0.2, 0.25) is 15.9 Å². The van der Waals surface area contributed by atoms with Crippen molar-refractivity contribution in [1.82, 2.24) is 4.72 Å². The highest BCUT2D eigenvalue weighted by molar-refractivity contribution is 7.89. The van der Waals surface area contributed by atoms with Crippen LogP contribution in [0.4, 0.5) is 5.69 Å². The van der Waals surface area contributed by atoms with Crippen molar-refractivity contribution in [2.24, 2.45) is 0 Å². The zero-order valence-corrected chi connectivity index (χ0v) is 17.9. The number of amides is 1. The molecule has 0 aliphatic rings. The Hall–Kier alpha value is -2.09. The van der Waals surface area contributed by atoms with Crippen molar-refractivity contribution < 1.29 is 17.9 Å². The van der Waals surface area contributed by atoms with Crippen LogP contribution < -0.4 is 14.8 Å². The van der Waals surface area contributed by atoms with Gasteiger partial charge in [-0.1, -0.05) is 43.6 Å². The summed E-state index contributed by atoms with van der Waals surface area (Å²) in [6.45, 7) is 5.49. The van der Waals surface area contributed by atoms with E-state index in [1.165, 1.54) is 32.2 Å². The van der Waals surface area contributed by atoms with E-state index < -0.39 is 22.0 Å². The predicted molar refractivity (Wildman–Crippen MR) is 112 cm³/mol. The predicted octanol–water partition coefficient (Wildman–Crippen LogP) is 3.78. The highest BCUT2D eigenvalue weighted by Gasteiger charge is 2.26. The molecule has 0 saturated heterocycles. The number of carbonyl (C=O) groups excluding carboxylic acids is 1. The SMILES string of the molecule is CCc1cccc(CC)c1NC(=O)[C@H](C)NS(=O)(=O)c1cc(Cl)ccc1OC. The van der Waals surface area contributed by atoms with Crippen LogP contribution in [0, 0.1) is 0 Å². The quantitative estimate of drug-likeness (QED) is 0.675. The number of rotatable bonds is 8. The van der Waals surface area contributed by atoms with Crippen LogP contribution in [0.2, 0.25) is 5.02 Å². The van der Waals surface area contributed by atoms with Crippen LogP contribution in [-0.2, 0) is 27.7 Å². The van der Waals surface area contributed by atoms with Crippen molar-refractivity contribution in [3.05, 3.63) is 52.5 Å². The van der Waals surface area contributed by atoms with Gasteiger partial charge in [-0.25, -0.2) is 8.42 Å². The molecule has 0 bridgehead atoms. The molecule has 2 aromatic carbocycles. The fraction of sp³-hybridized carbons (Fsp3) is 0.350. The molecule has 1 amide bonds. The summed E-state index contributed by atoms with van der Waals surface area (Å²) in [5.41, 5.74) is 2.74. The summed E-state index contributed by atoms with van der Waals surface area (Å²) in [6, 6.07) is 9.12. The molecular weight excluding hydrogens is 400 g/mol. The van der Waals surface area contributed by atoms with E-state index in [1.807, 2.05) is 32.0 Å². The molecule has 152 valence electrons. The average molecular weight is 425 g/mol. The fourth-order valence-corrected chi connectivity index (χ4v) is 4.48. The first-order valence-corrected chi connectivity index (χ1v) is 10.9. The van der Waals surface area contributed by atoms with E-state index in [2.05, 4.69) is 10.0 Å². The second kappa shape index (κ2) is 9.41. The molecule has 2 aromatic rings. The van der Waals surface area contributed by atoms with E-state index >= 15 is 0 Å². The van der Waals surface area contributed by atoms with Crippen LogP contribution in [0.3, 0.4) is 0 Å². The van der Waals surface area contributed by atoms with Crippen LogP contribution in [0.15, 0.2) is 41.3 Å². The average Bonchev–Trinajstić information content (AvgIpc) is 2.67. The van der Waals surface area contributed by atoms with E-state index in [4.69, 9.17) is 16.3 Å². The van der Waals surface area contributed by atoms with Crippen molar-refractivity contribution in [3.63, 3.8) is 0 Å². The standard InChI is InChI=1S/C20H25ClN2O4S/c1-5-14-8-7-9-15(6-2)19(14)22-20(24)13(3)23-28(25,26)18-12-16(21)10-11-17(18)27-4/h7-13,23H,5-6H2,1-4H3,(H,22,24)/t13-/m0/s1. The summed E-state index contributed by atoms with van der Waals surface area (Å²) >= 11 is 5.93. The van der Waals surface area contributed by atoms with E-state index in [1.54, 1.807) is 0 Å². The van der Waals surface area contributed by atoms with Gasteiger partial charge in [0.05, 0.1) is 13.2 Å². The van der Waals surface area contributed by atoms with Gasteiger partial charge in [-0.3, -0.25) is 4.79 Å². The van der Waals surface area contributed by atoms with Crippen molar-refractivity contribution in [3.8, 4) is 5.75 Å². The Balaban J connectivity index is 2.25. The van der Waals surface area contributed by atoms with Gasteiger partial charge in [0.15, 0.2) is 0 Å². The molecule has 0 unspecified atom stereocenters. The highest BCUT2D eigenvalue weighted by Crippen LogP contribution is 2.27. The number of anilines is 1. The first-order chi connectivity index (χ1) is 13.2. The normalized spacial score (nSPS) is 12.5. The van der Waals surface area contributed by atoms with Gasteiger partial charge >= 0.3 is 0 Å². The van der Waals surface area contributed by atoms with Gasteiger partial charge < -0.3 is 10.1 Å². The molecule has 2 N–H and O–H groups in total. The summed E-state index contributed by atoms with van der Waals surface area (Å²) in [5.74, 6) is -0.297. The minimum atomic E-state index is -4.01. The third kappa shape index (κ3) is 5.04. The summed E-state index contributed by atoms with van der Waals surface area (Å²) in [6.07, 6.45) is 1.51. The largest absolute Gasteiger partial charge is 0.495 e. The Morgan fingerprint density at radius 1 is 1.14 bits per heavy atom. The van der Waals surface area contributed by atoms with Gasteiger partial charge in [0.25, 0.3) is 0 Å². The van der Waals surface area contributed by atoms with Gasteiger partial charge in [-0.05, 0) is 49.1 Å². The number of carbonyl (C=O) groups is 1. The zero-order chi connectivity index (χ0) is 20.9. The number of nitrogens with one attached hydrogen (secondary N) is 2. The Morgan fingerprint density at radius 2 is 1.75 bits per heavy atom. The van der Waals surface area contributed by atoms with Gasteiger partial charge in [0, 0.05) is 10.7 Å². The Morgan fingerprint density at radius 3 is 2.29 bits per heavy atom. The van der Waals surface area contributed by atoms with E-state index in [0.29, 0.717) is 0 Å². The molecule has 0 fully saturated rings. The molecule has 0 aliphatic heterocycles. The fourth-order valence-electron chi connectivity index (χ4n) is 2.84. The second-order valence-corrected chi connectivity index (χ2v) is 8.40. The lowest BCUT2D eigenvalue weighted by atomic mass is 10.0. The second-order valence-electron chi connectivity index (χ2n) is 6.29. The number of halogens is 1. The number of ether oxygens (including phenoxy) is 1. The molecule has 1 atom stereocenters. The molecule has 0 radical (unpaired) electrons. The number of hydrogen-bond acceptors (Lipinski definition) is 4. The lowest BCUT2D eigenvalue weighted by molar-refractivity contribution is -0.117. The minimum absolute atomic E-state index is 0.120. The van der Waals surface area contributed by atoms with Crippen LogP contribution in [0.5, 0.6) is 5.75 Å². The van der Waals surface area contributed by atoms with Crippen LogP contribution in [0.1, 0.15) is 31.9 Å². The minimum Gasteiger partial charge on any atom is -0.495 e. The lowest BCUT2D eigenvalue weighted by Gasteiger charge is -2.19. The van der Waals surface area contributed by atoms with Crippen LogP contribution in [-0.4, -0.2) is 27.5 Å². The molecule has 28 heavy (non-hydrogen) atoms. The van der Waals surface area contributed by atoms with Gasteiger partial charge in [0.1, 0.15) is 10.6 Å². The van der Waals surface area contributed by atoms with Crippen molar-refractivity contribution >= 4 is 33.2 Å². The third-order valence-corrected chi connectivity index (χ3v) is 6.18. The molecule has 6 nitrogen and oxygen atoms in total. The van der Waals surface area contributed by atoms with E-state index in [-0.39, 0.29) is 15.7 Å². The van der Waals surface area contributed by atoms with Crippen LogP contribution >= 0.6 is 11.6 Å². The van der Waals surface area contributed by atoms with Gasteiger partial charge in [-0.15, -0.1) is 0 Å². The molecule has 0 heterocycles. The molecule has 0 spiro atoms. The maximum absolute atomic E-state index is 12.7. The maximum Gasteiger partial charge on any atom is 0.245 e. The maximum atomic E-state index is 12.7. The topological polar surface area (TPSA) is 84.5 Å². The molecule has 0 aliphatic carbocycles. The monoisotopic (exact) mass is 424 g/mol. The summed E-state index contributed by atoms with van der Waals surface area (Å²) in [4.78, 5) is 12.6. The zero-order valence-electron chi connectivity index (χ0n) is 16.4. The molecular formula is C20H25ClN2O4S. The Labute approximate surface area is 171 Å². The summed E-state index contributed by atoms with van der Waals surface area (Å²) in [5, 5.41) is 3.12. The third-order valence-electron chi connectivity index (χ3n) is 4.39. The van der Waals surface area contributed by atoms with Crippen molar-refractivity contribution in [2.45, 2.75) is 44.6 Å². The molecule has 0 saturated carbocycles. The molecule has 2 rings (SSSR count). The molecule has 0 aromatic heterocycles. The number of benzene rings is 2. The Kier molecular flexibility index (Phi) is 7.46. The number of para-hydroxylation sites is 1. The summed E-state index contributed by atoms with van der Waals surface area (Å²) in [7, 11) is -2.65. The first kappa shape index (κ1) is 22.2. The van der Waals surface area contributed by atoms with E-state index in [0.717, 1.165) is 29.7 Å². The smallest absolute Gasteiger partial charge is 0.245 e. The Bertz CT molecular complexity index is 938. The van der Waals surface area contributed by atoms with E-state index in [9.17, 15) is 13.2 Å².